The highest BCUT2D eigenvalue weighted by Gasteiger charge is 2.24. The number of hydrogen-bond donors (Lipinski definition) is 1. The summed E-state index contributed by atoms with van der Waals surface area (Å²) >= 11 is 0. The minimum atomic E-state index is 0.0865. The predicted octanol–water partition coefficient (Wildman–Crippen LogP) is 1.88. The molecule has 140 valence electrons. The van der Waals surface area contributed by atoms with Crippen molar-refractivity contribution in [3.05, 3.63) is 47.4 Å². The molecule has 0 spiro atoms. The molecule has 0 bridgehead atoms. The van der Waals surface area contributed by atoms with Crippen LogP contribution in [0.4, 0.5) is 0 Å². The van der Waals surface area contributed by atoms with Gasteiger partial charge < -0.3 is 19.2 Å². The fraction of sp³-hybridized carbons (Fsp3) is 0.368. The number of fused-ring (bicyclic) bond motifs is 1. The first-order valence-electron chi connectivity index (χ1n) is 8.89. The summed E-state index contributed by atoms with van der Waals surface area (Å²) in [5, 5.41) is 0. The summed E-state index contributed by atoms with van der Waals surface area (Å²) in [6.45, 7) is 5.45. The van der Waals surface area contributed by atoms with Gasteiger partial charge in [-0.05, 0) is 19.9 Å². The van der Waals surface area contributed by atoms with Crippen molar-refractivity contribution >= 4 is 5.91 Å². The molecular formula is C19H22N6O2. The molecule has 1 amide bonds. The second kappa shape index (κ2) is 6.86. The molecule has 4 rings (SSSR count). The minimum absolute atomic E-state index is 0.0865. The average Bonchev–Trinajstić information content (AvgIpc) is 3.26. The van der Waals surface area contributed by atoms with Gasteiger partial charge in [0, 0.05) is 36.5 Å². The quantitative estimate of drug-likeness (QED) is 0.762. The zero-order chi connectivity index (χ0) is 19.0. The van der Waals surface area contributed by atoms with Crippen LogP contribution in [-0.2, 0) is 24.3 Å². The molecule has 0 saturated carbocycles. The number of pyridine rings is 1. The molecule has 0 saturated heterocycles. The van der Waals surface area contributed by atoms with E-state index in [4.69, 9.17) is 4.74 Å². The molecule has 8 heteroatoms. The molecular weight excluding hydrogens is 344 g/mol. The molecule has 1 aliphatic rings. The lowest BCUT2D eigenvalue weighted by atomic mass is 10.1. The smallest absolute Gasteiger partial charge is 0.242 e. The number of H-pyrrole nitrogens is 1. The SMILES string of the molecule is COc1ccc(-c2nc3c([nH]2)CN(C(=O)Cn2cnc(C)c2C)CC3)cn1. The maximum Gasteiger partial charge on any atom is 0.242 e. The summed E-state index contributed by atoms with van der Waals surface area (Å²) in [5.74, 6) is 1.42. The number of aryl methyl sites for hydroxylation is 1. The van der Waals surface area contributed by atoms with E-state index < -0.39 is 0 Å². The van der Waals surface area contributed by atoms with E-state index in [9.17, 15) is 4.79 Å². The van der Waals surface area contributed by atoms with Crippen LogP contribution >= 0.6 is 0 Å². The number of amides is 1. The monoisotopic (exact) mass is 366 g/mol. The fourth-order valence-corrected chi connectivity index (χ4v) is 3.23. The zero-order valence-electron chi connectivity index (χ0n) is 15.7. The Balaban J connectivity index is 1.48. The molecule has 0 radical (unpaired) electrons. The first-order chi connectivity index (χ1) is 13.0. The Morgan fingerprint density at radius 1 is 1.30 bits per heavy atom. The molecule has 0 atom stereocenters. The van der Waals surface area contributed by atoms with Gasteiger partial charge >= 0.3 is 0 Å². The number of imidazole rings is 2. The van der Waals surface area contributed by atoms with Crippen molar-refractivity contribution in [3.63, 3.8) is 0 Å². The van der Waals surface area contributed by atoms with Gasteiger partial charge in [0.1, 0.15) is 12.4 Å². The van der Waals surface area contributed by atoms with Gasteiger partial charge in [0.05, 0.1) is 37.1 Å². The van der Waals surface area contributed by atoms with Gasteiger partial charge in [-0.1, -0.05) is 0 Å². The summed E-state index contributed by atoms with van der Waals surface area (Å²) in [5.41, 5.74) is 4.87. The van der Waals surface area contributed by atoms with Gasteiger partial charge in [-0.25, -0.2) is 15.0 Å². The van der Waals surface area contributed by atoms with E-state index in [0.29, 0.717) is 25.5 Å². The van der Waals surface area contributed by atoms with E-state index in [1.165, 1.54) is 0 Å². The first kappa shape index (κ1) is 17.3. The van der Waals surface area contributed by atoms with E-state index in [-0.39, 0.29) is 5.91 Å². The predicted molar refractivity (Wildman–Crippen MR) is 99.2 cm³/mol. The lowest BCUT2D eigenvalue weighted by Crippen LogP contribution is -2.38. The topological polar surface area (TPSA) is 88.9 Å². The number of methoxy groups -OCH3 is 1. The number of rotatable bonds is 4. The number of aromatic amines is 1. The molecule has 3 aromatic rings. The van der Waals surface area contributed by atoms with Gasteiger partial charge in [0.2, 0.25) is 11.8 Å². The Kier molecular flexibility index (Phi) is 4.39. The fourth-order valence-electron chi connectivity index (χ4n) is 3.23. The highest BCUT2D eigenvalue weighted by Crippen LogP contribution is 2.23. The number of ether oxygens (including phenoxy) is 1. The van der Waals surface area contributed by atoms with Crippen LogP contribution in [-0.4, -0.2) is 49.0 Å². The molecule has 4 heterocycles. The molecule has 27 heavy (non-hydrogen) atoms. The highest BCUT2D eigenvalue weighted by atomic mass is 16.5. The molecule has 0 aromatic carbocycles. The second-order valence-electron chi connectivity index (χ2n) is 6.71. The van der Waals surface area contributed by atoms with Gasteiger partial charge in [-0.2, -0.15) is 0 Å². The van der Waals surface area contributed by atoms with Crippen LogP contribution in [0, 0.1) is 13.8 Å². The molecule has 1 N–H and O–H groups in total. The third-order valence-electron chi connectivity index (χ3n) is 5.05. The summed E-state index contributed by atoms with van der Waals surface area (Å²) in [7, 11) is 1.59. The Morgan fingerprint density at radius 3 is 2.81 bits per heavy atom. The van der Waals surface area contributed by atoms with E-state index in [1.807, 2.05) is 35.4 Å². The van der Waals surface area contributed by atoms with Crippen LogP contribution in [0.25, 0.3) is 11.4 Å². The van der Waals surface area contributed by atoms with Crippen molar-refractivity contribution in [2.24, 2.45) is 0 Å². The molecule has 3 aromatic heterocycles. The Morgan fingerprint density at radius 2 is 2.15 bits per heavy atom. The van der Waals surface area contributed by atoms with E-state index in [2.05, 4.69) is 19.9 Å². The third kappa shape index (κ3) is 3.30. The summed E-state index contributed by atoms with van der Waals surface area (Å²) in [6.07, 6.45) is 4.20. The summed E-state index contributed by atoms with van der Waals surface area (Å²) in [6, 6.07) is 3.73. The number of nitrogens with zero attached hydrogens (tertiary/aromatic N) is 5. The zero-order valence-corrected chi connectivity index (χ0v) is 15.7. The van der Waals surface area contributed by atoms with Crippen molar-refractivity contribution in [3.8, 4) is 17.3 Å². The van der Waals surface area contributed by atoms with Gasteiger partial charge in [0.25, 0.3) is 0 Å². The number of carbonyl (C=O) groups excluding carboxylic acids is 1. The molecule has 0 fully saturated rings. The summed E-state index contributed by atoms with van der Waals surface area (Å²) < 4.78 is 6.99. The van der Waals surface area contributed by atoms with Crippen molar-refractivity contribution in [1.82, 2.24) is 29.4 Å². The van der Waals surface area contributed by atoms with E-state index >= 15 is 0 Å². The first-order valence-corrected chi connectivity index (χ1v) is 8.89. The molecule has 1 aliphatic heterocycles. The third-order valence-corrected chi connectivity index (χ3v) is 5.05. The standard InChI is InChI=1S/C19H22N6O2/c1-12-13(2)25(11-21-12)10-18(26)24-7-6-15-16(9-24)23-19(22-15)14-4-5-17(27-3)20-8-14/h4-5,8,11H,6-7,9-10H2,1-3H3,(H,22,23). The Bertz CT molecular complexity index is 973. The number of aromatic nitrogens is 5. The van der Waals surface area contributed by atoms with Crippen LogP contribution in [0.3, 0.4) is 0 Å². The lowest BCUT2D eigenvalue weighted by Gasteiger charge is -2.26. The lowest BCUT2D eigenvalue weighted by molar-refractivity contribution is -0.132. The number of carbonyl (C=O) groups is 1. The highest BCUT2D eigenvalue weighted by molar-refractivity contribution is 5.76. The maximum atomic E-state index is 12.7. The van der Waals surface area contributed by atoms with Crippen LogP contribution in [0.1, 0.15) is 22.8 Å². The van der Waals surface area contributed by atoms with E-state index in [1.54, 1.807) is 19.6 Å². The van der Waals surface area contributed by atoms with Crippen molar-refractivity contribution in [2.75, 3.05) is 13.7 Å². The number of nitrogens with one attached hydrogen (secondary N) is 1. The van der Waals surface area contributed by atoms with Crippen LogP contribution in [0.2, 0.25) is 0 Å². The normalized spacial score (nSPS) is 13.5. The summed E-state index contributed by atoms with van der Waals surface area (Å²) in [4.78, 5) is 31.1. The van der Waals surface area contributed by atoms with Crippen LogP contribution in [0.15, 0.2) is 24.7 Å². The molecule has 0 unspecified atom stereocenters. The largest absolute Gasteiger partial charge is 0.481 e. The average molecular weight is 366 g/mol. The van der Waals surface area contributed by atoms with Gasteiger partial charge in [-0.3, -0.25) is 4.79 Å². The van der Waals surface area contributed by atoms with Crippen LogP contribution in [0.5, 0.6) is 5.88 Å². The van der Waals surface area contributed by atoms with Crippen LogP contribution < -0.4 is 4.74 Å². The number of hydrogen-bond acceptors (Lipinski definition) is 5. The minimum Gasteiger partial charge on any atom is -0.481 e. The molecule has 8 nitrogen and oxygen atoms in total. The van der Waals surface area contributed by atoms with Gasteiger partial charge in [-0.15, -0.1) is 0 Å². The van der Waals surface area contributed by atoms with E-state index in [0.717, 1.165) is 40.6 Å². The van der Waals surface area contributed by atoms with Gasteiger partial charge in [0.15, 0.2) is 0 Å². The second-order valence-corrected chi connectivity index (χ2v) is 6.71. The van der Waals surface area contributed by atoms with Crippen molar-refractivity contribution in [1.29, 1.82) is 0 Å². The Hall–Kier alpha value is -3.16. The molecule has 0 aliphatic carbocycles. The van der Waals surface area contributed by atoms with Crippen molar-refractivity contribution < 1.29 is 9.53 Å². The Labute approximate surface area is 157 Å². The maximum absolute atomic E-state index is 12.7. The van der Waals surface area contributed by atoms with Crippen molar-refractivity contribution in [2.45, 2.75) is 33.4 Å².